The first-order valence-corrected chi connectivity index (χ1v) is 10.5. The van der Waals surface area contributed by atoms with Crippen LogP contribution in [0.1, 0.15) is 26.3 Å². The SMILES string of the molecule is CCNC(=S)N/N=C(C)/C(=N/NC(=S)NCC)c1ccc(N2CCOCC2)cc1. The summed E-state index contributed by atoms with van der Waals surface area (Å²) >= 11 is 10.4. The maximum Gasteiger partial charge on any atom is 0.186 e. The normalized spacial score (nSPS) is 14.9. The van der Waals surface area contributed by atoms with E-state index in [1.165, 1.54) is 0 Å². The van der Waals surface area contributed by atoms with Gasteiger partial charge in [-0.25, -0.2) is 0 Å². The highest BCUT2D eigenvalue weighted by atomic mass is 32.1. The highest BCUT2D eigenvalue weighted by Crippen LogP contribution is 2.17. The molecule has 0 unspecified atom stereocenters. The summed E-state index contributed by atoms with van der Waals surface area (Å²) in [7, 11) is 0. The molecule has 4 N–H and O–H groups in total. The van der Waals surface area contributed by atoms with Gasteiger partial charge in [-0.05, 0) is 57.3 Å². The van der Waals surface area contributed by atoms with E-state index in [4.69, 9.17) is 29.2 Å². The molecule has 2 rings (SSSR count). The maximum absolute atomic E-state index is 5.43. The third-order valence-corrected chi connectivity index (χ3v) is 4.60. The Morgan fingerprint density at radius 3 is 2.07 bits per heavy atom. The highest BCUT2D eigenvalue weighted by molar-refractivity contribution is 7.80. The minimum absolute atomic E-state index is 0.457. The number of nitrogens with one attached hydrogen (secondary N) is 4. The lowest BCUT2D eigenvalue weighted by Gasteiger charge is -2.29. The summed E-state index contributed by atoms with van der Waals surface area (Å²) in [6.07, 6.45) is 0. The number of benzene rings is 1. The zero-order chi connectivity index (χ0) is 21.1. The molecule has 8 nitrogen and oxygen atoms in total. The molecule has 0 aliphatic carbocycles. The molecule has 0 amide bonds. The van der Waals surface area contributed by atoms with Crippen LogP contribution in [0.2, 0.25) is 0 Å². The second kappa shape index (κ2) is 12.3. The number of thiocarbonyl (C=S) groups is 2. The topological polar surface area (TPSA) is 85.3 Å². The van der Waals surface area contributed by atoms with Gasteiger partial charge in [0.25, 0.3) is 0 Å². The number of hydrazone groups is 2. The van der Waals surface area contributed by atoms with E-state index in [9.17, 15) is 0 Å². The fraction of sp³-hybridized carbons (Fsp3) is 0.474. The van der Waals surface area contributed by atoms with Crippen LogP contribution in [0.15, 0.2) is 34.5 Å². The Bertz CT molecular complexity index is 743. The Balaban J connectivity index is 2.21. The Labute approximate surface area is 183 Å². The molecule has 1 saturated heterocycles. The van der Waals surface area contributed by atoms with Crippen LogP contribution in [0.25, 0.3) is 0 Å². The molecule has 0 radical (unpaired) electrons. The first-order chi connectivity index (χ1) is 14.0. The van der Waals surface area contributed by atoms with E-state index >= 15 is 0 Å². The van der Waals surface area contributed by atoms with Crippen molar-refractivity contribution in [2.45, 2.75) is 20.8 Å². The van der Waals surface area contributed by atoms with Gasteiger partial charge in [-0.15, -0.1) is 0 Å². The Morgan fingerprint density at radius 1 is 0.966 bits per heavy atom. The number of morpholine rings is 1. The van der Waals surface area contributed by atoms with Crippen LogP contribution in [0.5, 0.6) is 0 Å². The van der Waals surface area contributed by atoms with Crippen molar-refractivity contribution < 1.29 is 4.74 Å². The monoisotopic (exact) mass is 435 g/mol. The van der Waals surface area contributed by atoms with Crippen molar-refractivity contribution in [1.29, 1.82) is 0 Å². The summed E-state index contributed by atoms with van der Waals surface area (Å²) in [5, 5.41) is 15.8. The van der Waals surface area contributed by atoms with Crippen molar-refractivity contribution in [2.24, 2.45) is 10.2 Å². The summed E-state index contributed by atoms with van der Waals surface area (Å²) in [5.74, 6) is 0. The van der Waals surface area contributed by atoms with Crippen LogP contribution >= 0.6 is 24.4 Å². The summed E-state index contributed by atoms with van der Waals surface area (Å²) in [4.78, 5) is 2.31. The predicted molar refractivity (Wildman–Crippen MR) is 128 cm³/mol. The smallest absolute Gasteiger partial charge is 0.186 e. The van der Waals surface area contributed by atoms with Crippen LogP contribution in [0, 0.1) is 0 Å². The molecule has 0 aromatic heterocycles. The van der Waals surface area contributed by atoms with Crippen LogP contribution in [0.4, 0.5) is 5.69 Å². The standard InChI is InChI=1S/C19H29N7OS2/c1-4-20-18(28)24-22-14(3)17(23-25-19(29)21-5-2)15-6-8-16(9-7-15)26-10-12-27-13-11-26/h6-9H,4-5,10-13H2,1-3H3,(H2,20,24,28)(H2,21,25,29)/b22-14+,23-17-. The number of ether oxygens (including phenoxy) is 1. The number of rotatable bonds is 7. The van der Waals surface area contributed by atoms with Crippen LogP contribution < -0.4 is 26.4 Å². The summed E-state index contributed by atoms with van der Waals surface area (Å²) in [5.41, 5.74) is 9.15. The van der Waals surface area contributed by atoms with Gasteiger partial charge in [-0.3, -0.25) is 10.9 Å². The molecular formula is C19H29N7OS2. The van der Waals surface area contributed by atoms with Gasteiger partial charge in [0.2, 0.25) is 0 Å². The van der Waals surface area contributed by atoms with Crippen molar-refractivity contribution in [1.82, 2.24) is 21.5 Å². The van der Waals surface area contributed by atoms with Gasteiger partial charge in [0.1, 0.15) is 5.71 Å². The number of nitrogens with zero attached hydrogens (tertiary/aromatic N) is 3. The highest BCUT2D eigenvalue weighted by Gasteiger charge is 2.13. The van der Waals surface area contributed by atoms with Gasteiger partial charge in [-0.1, -0.05) is 12.1 Å². The Kier molecular flexibility index (Phi) is 9.75. The Morgan fingerprint density at radius 2 is 1.52 bits per heavy atom. The second-order valence-electron chi connectivity index (χ2n) is 6.25. The summed E-state index contributed by atoms with van der Waals surface area (Å²) in [6.45, 7) is 10.6. The molecule has 1 aromatic rings. The van der Waals surface area contributed by atoms with Crippen molar-refractivity contribution >= 4 is 51.8 Å². The van der Waals surface area contributed by atoms with E-state index in [2.05, 4.69) is 48.7 Å². The fourth-order valence-corrected chi connectivity index (χ4v) is 3.08. The molecule has 158 valence electrons. The molecule has 1 aromatic carbocycles. The average molecular weight is 436 g/mol. The molecular weight excluding hydrogens is 406 g/mol. The zero-order valence-electron chi connectivity index (χ0n) is 17.1. The molecule has 0 bridgehead atoms. The maximum atomic E-state index is 5.43. The molecule has 0 saturated carbocycles. The van der Waals surface area contributed by atoms with E-state index < -0.39 is 0 Å². The first kappa shape index (κ1) is 23.0. The van der Waals surface area contributed by atoms with Crippen LogP contribution in [0.3, 0.4) is 0 Å². The minimum atomic E-state index is 0.457. The van der Waals surface area contributed by atoms with Crippen LogP contribution in [-0.4, -0.2) is 61.0 Å². The summed E-state index contributed by atoms with van der Waals surface area (Å²) < 4.78 is 5.43. The Hall–Kier alpha value is -2.30. The van der Waals surface area contributed by atoms with Gasteiger partial charge >= 0.3 is 0 Å². The summed E-state index contributed by atoms with van der Waals surface area (Å²) in [6, 6.07) is 8.23. The first-order valence-electron chi connectivity index (χ1n) is 9.68. The van der Waals surface area contributed by atoms with E-state index in [0.29, 0.717) is 21.6 Å². The van der Waals surface area contributed by atoms with Crippen molar-refractivity contribution in [2.75, 3.05) is 44.3 Å². The molecule has 29 heavy (non-hydrogen) atoms. The van der Waals surface area contributed by atoms with Gasteiger partial charge in [0.15, 0.2) is 10.2 Å². The molecule has 1 fully saturated rings. The zero-order valence-corrected chi connectivity index (χ0v) is 18.8. The lowest BCUT2D eigenvalue weighted by Crippen LogP contribution is -2.36. The quantitative estimate of drug-likeness (QED) is 0.292. The molecule has 1 aliphatic rings. The van der Waals surface area contributed by atoms with Gasteiger partial charge in [-0.2, -0.15) is 10.2 Å². The van der Waals surface area contributed by atoms with E-state index in [-0.39, 0.29) is 0 Å². The van der Waals surface area contributed by atoms with Gasteiger partial charge < -0.3 is 20.3 Å². The lowest BCUT2D eigenvalue weighted by molar-refractivity contribution is 0.122. The number of hydrogen-bond acceptors (Lipinski definition) is 6. The average Bonchev–Trinajstić information content (AvgIpc) is 2.74. The molecule has 0 atom stereocenters. The minimum Gasteiger partial charge on any atom is -0.378 e. The largest absolute Gasteiger partial charge is 0.378 e. The third-order valence-electron chi connectivity index (χ3n) is 4.13. The van der Waals surface area contributed by atoms with Crippen molar-refractivity contribution in [3.8, 4) is 0 Å². The van der Waals surface area contributed by atoms with Crippen LogP contribution in [-0.2, 0) is 4.74 Å². The number of anilines is 1. The molecule has 0 spiro atoms. The van der Waals surface area contributed by atoms with Crippen molar-refractivity contribution in [3.63, 3.8) is 0 Å². The van der Waals surface area contributed by atoms with E-state index in [1.807, 2.05) is 32.9 Å². The van der Waals surface area contributed by atoms with Gasteiger partial charge in [0.05, 0.1) is 18.9 Å². The van der Waals surface area contributed by atoms with E-state index in [0.717, 1.165) is 50.6 Å². The fourth-order valence-electron chi connectivity index (χ4n) is 2.70. The third kappa shape index (κ3) is 7.56. The predicted octanol–water partition coefficient (Wildman–Crippen LogP) is 1.57. The lowest BCUT2D eigenvalue weighted by atomic mass is 10.1. The van der Waals surface area contributed by atoms with Gasteiger partial charge in [0, 0.05) is 37.4 Å². The molecule has 1 heterocycles. The van der Waals surface area contributed by atoms with E-state index in [1.54, 1.807) is 0 Å². The molecule has 10 heteroatoms. The second-order valence-corrected chi connectivity index (χ2v) is 7.06. The van der Waals surface area contributed by atoms with Crippen molar-refractivity contribution in [3.05, 3.63) is 29.8 Å². The molecule has 1 aliphatic heterocycles. The number of hydrogen-bond donors (Lipinski definition) is 4.